The summed E-state index contributed by atoms with van der Waals surface area (Å²) in [6.45, 7) is 1.29. The molecule has 0 aliphatic heterocycles. The molecule has 10 heteroatoms. The first-order valence-electron chi connectivity index (χ1n) is 7.34. The van der Waals surface area contributed by atoms with Gasteiger partial charge in [0.05, 0.1) is 19.8 Å². The van der Waals surface area contributed by atoms with Gasteiger partial charge in [0.1, 0.15) is 17.7 Å². The van der Waals surface area contributed by atoms with Crippen LogP contribution >= 0.6 is 0 Å². The normalized spacial score (nSPS) is 12.8. The van der Waals surface area contributed by atoms with Crippen molar-refractivity contribution in [1.29, 1.82) is 0 Å². The van der Waals surface area contributed by atoms with Gasteiger partial charge in [-0.2, -0.15) is 0 Å². The van der Waals surface area contributed by atoms with E-state index in [1.807, 2.05) is 0 Å². The van der Waals surface area contributed by atoms with Gasteiger partial charge in [0.25, 0.3) is 5.91 Å². The molecule has 0 fully saturated rings. The number of esters is 2. The molecule has 0 aliphatic rings. The quantitative estimate of drug-likeness (QED) is 0.518. The van der Waals surface area contributed by atoms with Crippen LogP contribution in [0.4, 0.5) is 8.78 Å². The molecule has 0 saturated carbocycles. The van der Waals surface area contributed by atoms with Gasteiger partial charge in [-0.05, 0) is 12.1 Å². The van der Waals surface area contributed by atoms with E-state index >= 15 is 0 Å². The van der Waals surface area contributed by atoms with E-state index in [1.54, 1.807) is 0 Å². The van der Waals surface area contributed by atoms with E-state index in [0.717, 1.165) is 26.4 Å². The van der Waals surface area contributed by atoms with Crippen LogP contribution in [0.15, 0.2) is 18.2 Å². The first-order valence-corrected chi connectivity index (χ1v) is 7.34. The number of nitrogens with two attached hydrogens (primary N) is 1. The second-order valence-corrected chi connectivity index (χ2v) is 5.36. The van der Waals surface area contributed by atoms with Crippen molar-refractivity contribution in [2.45, 2.75) is 13.0 Å². The SMILES string of the molecule is COC(=O)C(C(=O)OC)[C@H](C)[C@H](NC(=O)c1ccc(F)cc1F)C(N)=O. The number of ether oxygens (including phenoxy) is 2. The Morgan fingerprint density at radius 1 is 1.08 bits per heavy atom. The Morgan fingerprint density at radius 2 is 1.62 bits per heavy atom. The number of benzene rings is 1. The third kappa shape index (κ3) is 4.74. The van der Waals surface area contributed by atoms with Crippen molar-refractivity contribution in [2.75, 3.05) is 14.2 Å². The lowest BCUT2D eigenvalue weighted by atomic mass is 9.86. The number of nitrogens with one attached hydrogen (secondary N) is 1. The van der Waals surface area contributed by atoms with Crippen molar-refractivity contribution in [3.05, 3.63) is 35.4 Å². The predicted molar refractivity (Wildman–Crippen MR) is 83.5 cm³/mol. The van der Waals surface area contributed by atoms with Crippen molar-refractivity contribution in [1.82, 2.24) is 5.32 Å². The lowest BCUT2D eigenvalue weighted by Gasteiger charge is -2.26. The summed E-state index contributed by atoms with van der Waals surface area (Å²) in [4.78, 5) is 47.6. The van der Waals surface area contributed by atoms with Crippen LogP contribution in [-0.2, 0) is 23.9 Å². The van der Waals surface area contributed by atoms with Crippen LogP contribution in [0.3, 0.4) is 0 Å². The highest BCUT2D eigenvalue weighted by Crippen LogP contribution is 2.20. The van der Waals surface area contributed by atoms with Gasteiger partial charge in [-0.25, -0.2) is 8.78 Å². The minimum absolute atomic E-state index is 0.489. The zero-order valence-corrected chi connectivity index (χ0v) is 14.2. The van der Waals surface area contributed by atoms with Crippen LogP contribution in [0.1, 0.15) is 17.3 Å². The highest BCUT2D eigenvalue weighted by Gasteiger charge is 2.41. The van der Waals surface area contributed by atoms with Gasteiger partial charge < -0.3 is 20.5 Å². The minimum Gasteiger partial charge on any atom is -0.468 e. The predicted octanol–water partition coefficient (Wildman–Crippen LogP) is 0.147. The van der Waals surface area contributed by atoms with Crippen LogP contribution < -0.4 is 11.1 Å². The van der Waals surface area contributed by atoms with E-state index < -0.39 is 58.8 Å². The summed E-state index contributed by atoms with van der Waals surface area (Å²) in [7, 11) is 2.05. The van der Waals surface area contributed by atoms with Gasteiger partial charge >= 0.3 is 11.9 Å². The molecule has 26 heavy (non-hydrogen) atoms. The number of carbonyl (C=O) groups excluding carboxylic acids is 4. The molecule has 0 bridgehead atoms. The second kappa shape index (κ2) is 8.88. The number of methoxy groups -OCH3 is 2. The van der Waals surface area contributed by atoms with Crippen molar-refractivity contribution in [2.24, 2.45) is 17.6 Å². The summed E-state index contributed by atoms with van der Waals surface area (Å²) in [6.07, 6.45) is 0. The summed E-state index contributed by atoms with van der Waals surface area (Å²) in [5.74, 6) is -8.93. The maximum Gasteiger partial charge on any atom is 0.320 e. The minimum atomic E-state index is -1.55. The number of amides is 2. The van der Waals surface area contributed by atoms with E-state index in [9.17, 15) is 28.0 Å². The lowest BCUT2D eigenvalue weighted by molar-refractivity contribution is -0.161. The molecule has 1 aromatic rings. The van der Waals surface area contributed by atoms with Crippen LogP contribution in [0, 0.1) is 23.5 Å². The molecule has 0 radical (unpaired) electrons. The maximum atomic E-state index is 13.7. The number of hydrogen-bond acceptors (Lipinski definition) is 6. The molecule has 1 rings (SSSR count). The second-order valence-electron chi connectivity index (χ2n) is 5.36. The Morgan fingerprint density at radius 3 is 2.04 bits per heavy atom. The summed E-state index contributed by atoms with van der Waals surface area (Å²) in [5, 5.41) is 2.14. The molecule has 0 aromatic heterocycles. The highest BCUT2D eigenvalue weighted by molar-refractivity contribution is 5.99. The number of primary amides is 1. The van der Waals surface area contributed by atoms with Gasteiger partial charge in [0.2, 0.25) is 5.91 Å². The molecule has 0 saturated heterocycles. The molecule has 0 spiro atoms. The molecule has 2 amide bonds. The van der Waals surface area contributed by atoms with E-state index in [1.165, 1.54) is 6.92 Å². The van der Waals surface area contributed by atoms with Gasteiger partial charge in [-0.1, -0.05) is 6.92 Å². The van der Waals surface area contributed by atoms with Crippen molar-refractivity contribution >= 4 is 23.8 Å². The third-order valence-electron chi connectivity index (χ3n) is 3.73. The number of hydrogen-bond donors (Lipinski definition) is 2. The van der Waals surface area contributed by atoms with E-state index in [-0.39, 0.29) is 0 Å². The molecule has 0 heterocycles. The maximum absolute atomic E-state index is 13.7. The summed E-state index contributed by atoms with van der Waals surface area (Å²) >= 11 is 0. The van der Waals surface area contributed by atoms with Gasteiger partial charge in [0.15, 0.2) is 5.92 Å². The molecular weight excluding hydrogens is 354 g/mol. The third-order valence-corrected chi connectivity index (χ3v) is 3.73. The van der Waals surface area contributed by atoms with E-state index in [2.05, 4.69) is 14.8 Å². The largest absolute Gasteiger partial charge is 0.468 e. The standard InChI is InChI=1S/C16H18F2N2O6/c1-7(11(15(23)25-2)16(24)26-3)12(13(19)21)20-14(22)9-5-4-8(17)6-10(9)18/h4-7,11-12H,1-3H3,(H2,19,21)(H,20,22)/t7-,12-/m0/s1. The molecule has 0 unspecified atom stereocenters. The zero-order chi connectivity index (χ0) is 20.0. The van der Waals surface area contributed by atoms with Crippen LogP contribution in [0.5, 0.6) is 0 Å². The fourth-order valence-corrected chi connectivity index (χ4v) is 2.33. The Balaban J connectivity index is 3.13. The molecule has 3 N–H and O–H groups in total. The first kappa shape index (κ1) is 21.0. The molecule has 1 aromatic carbocycles. The average molecular weight is 372 g/mol. The fraction of sp³-hybridized carbons (Fsp3) is 0.375. The molecule has 142 valence electrons. The van der Waals surface area contributed by atoms with Crippen LogP contribution in [-0.4, -0.2) is 44.0 Å². The Bertz CT molecular complexity index is 709. The van der Waals surface area contributed by atoms with Crippen molar-refractivity contribution in [3.63, 3.8) is 0 Å². The van der Waals surface area contributed by atoms with Crippen molar-refractivity contribution < 1.29 is 37.4 Å². The average Bonchev–Trinajstić information content (AvgIpc) is 2.58. The lowest BCUT2D eigenvalue weighted by Crippen LogP contribution is -2.53. The molecular formula is C16H18F2N2O6. The number of carbonyl (C=O) groups is 4. The number of halogens is 2. The number of rotatable bonds is 7. The summed E-state index contributed by atoms with van der Waals surface area (Å²) in [6, 6.07) is 0.687. The fourth-order valence-electron chi connectivity index (χ4n) is 2.33. The molecule has 2 atom stereocenters. The topological polar surface area (TPSA) is 125 Å². The first-order chi connectivity index (χ1) is 12.1. The Kier molecular flexibility index (Phi) is 7.17. The Hall–Kier alpha value is -3.04. The van der Waals surface area contributed by atoms with Gasteiger partial charge in [-0.15, -0.1) is 0 Å². The van der Waals surface area contributed by atoms with Gasteiger partial charge in [-0.3, -0.25) is 19.2 Å². The summed E-state index contributed by atoms with van der Waals surface area (Å²) in [5.41, 5.74) is 4.69. The zero-order valence-electron chi connectivity index (χ0n) is 14.2. The van der Waals surface area contributed by atoms with E-state index in [0.29, 0.717) is 6.07 Å². The van der Waals surface area contributed by atoms with Crippen molar-refractivity contribution in [3.8, 4) is 0 Å². The molecule has 8 nitrogen and oxygen atoms in total. The van der Waals surface area contributed by atoms with Gasteiger partial charge in [0, 0.05) is 12.0 Å². The summed E-state index contributed by atoms with van der Waals surface area (Å²) < 4.78 is 35.7. The highest BCUT2D eigenvalue weighted by atomic mass is 19.1. The smallest absolute Gasteiger partial charge is 0.320 e. The van der Waals surface area contributed by atoms with E-state index in [4.69, 9.17) is 5.73 Å². The van der Waals surface area contributed by atoms with Crippen LogP contribution in [0.2, 0.25) is 0 Å². The monoisotopic (exact) mass is 372 g/mol. The Labute approximate surface area is 147 Å². The molecule has 0 aliphatic carbocycles. The van der Waals surface area contributed by atoms with Crippen LogP contribution in [0.25, 0.3) is 0 Å².